The molecule has 3 nitrogen and oxygen atoms in total. The van der Waals surface area contributed by atoms with Crippen LogP contribution in [0.25, 0.3) is 11.6 Å². The number of hydrogen-bond acceptors (Lipinski definition) is 3. The van der Waals surface area contributed by atoms with Crippen molar-refractivity contribution >= 4 is 34.9 Å². The van der Waals surface area contributed by atoms with Crippen LogP contribution in [-0.2, 0) is 6.42 Å². The van der Waals surface area contributed by atoms with Crippen LogP contribution in [0.4, 0.5) is 4.39 Å². The van der Waals surface area contributed by atoms with Crippen LogP contribution in [0.5, 0.6) is 5.75 Å². The average molecular weight is 325 g/mol. The van der Waals surface area contributed by atoms with E-state index in [0.717, 1.165) is 11.1 Å². The van der Waals surface area contributed by atoms with Crippen molar-refractivity contribution in [2.45, 2.75) is 12.8 Å². The molecule has 6 heteroatoms. The fourth-order valence-corrected chi connectivity index (χ4v) is 2.97. The topological polar surface area (TPSA) is 35.0 Å². The Labute approximate surface area is 131 Å². The summed E-state index contributed by atoms with van der Waals surface area (Å²) in [7, 11) is 1.52. The predicted octanol–water partition coefficient (Wildman–Crippen LogP) is 4.42. The highest BCUT2D eigenvalue weighted by Gasteiger charge is 2.21. The monoisotopic (exact) mass is 324 g/mol. The van der Waals surface area contributed by atoms with E-state index in [-0.39, 0.29) is 11.1 Å². The second kappa shape index (κ2) is 5.62. The molecule has 0 saturated carbocycles. The van der Waals surface area contributed by atoms with Gasteiger partial charge in [0.2, 0.25) is 5.28 Å². The Morgan fingerprint density at radius 2 is 2.00 bits per heavy atom. The van der Waals surface area contributed by atoms with Crippen molar-refractivity contribution in [1.29, 1.82) is 0 Å². The van der Waals surface area contributed by atoms with Gasteiger partial charge in [-0.2, -0.15) is 0 Å². The molecule has 108 valence electrons. The van der Waals surface area contributed by atoms with Gasteiger partial charge in [0.25, 0.3) is 0 Å². The third-order valence-corrected chi connectivity index (χ3v) is 3.91. The van der Waals surface area contributed by atoms with Crippen LogP contribution in [0, 0.1) is 5.82 Å². The molecule has 0 amide bonds. The normalized spacial score (nSPS) is 13.6. The first-order chi connectivity index (χ1) is 10.1. The van der Waals surface area contributed by atoms with E-state index in [0.29, 0.717) is 35.0 Å². The first kappa shape index (κ1) is 14.3. The minimum absolute atomic E-state index is 0.0803. The number of allylic oxidation sites excluding steroid dienone is 1. The highest BCUT2D eigenvalue weighted by molar-refractivity contribution is 6.32. The zero-order chi connectivity index (χ0) is 15.0. The lowest BCUT2D eigenvalue weighted by Gasteiger charge is -2.19. The average Bonchev–Trinajstić information content (AvgIpc) is 2.46. The fraction of sp³-hybridized carbons (Fsp3) is 0.200. The lowest BCUT2D eigenvalue weighted by atomic mass is 9.91. The number of fused-ring (bicyclic) bond motifs is 1. The number of nitrogens with zero attached hydrogens (tertiary/aromatic N) is 2. The highest BCUT2D eigenvalue weighted by atomic mass is 35.5. The van der Waals surface area contributed by atoms with Crippen LogP contribution in [0.15, 0.2) is 18.2 Å². The molecule has 0 spiro atoms. The number of rotatable bonds is 2. The van der Waals surface area contributed by atoms with Crippen LogP contribution >= 0.6 is 23.2 Å². The zero-order valence-electron chi connectivity index (χ0n) is 11.2. The molecule has 1 aromatic heterocycles. The molecule has 2 aromatic rings. The van der Waals surface area contributed by atoms with Crippen LogP contribution in [0.3, 0.4) is 0 Å². The summed E-state index contributed by atoms with van der Waals surface area (Å²) >= 11 is 11.9. The van der Waals surface area contributed by atoms with E-state index < -0.39 is 0 Å². The van der Waals surface area contributed by atoms with Crippen molar-refractivity contribution in [2.75, 3.05) is 7.11 Å². The van der Waals surface area contributed by atoms with E-state index in [1.807, 2.05) is 0 Å². The largest absolute Gasteiger partial charge is 0.496 e. The number of halogens is 3. The van der Waals surface area contributed by atoms with Crippen molar-refractivity contribution in [1.82, 2.24) is 9.97 Å². The molecular weight excluding hydrogens is 314 g/mol. The van der Waals surface area contributed by atoms with E-state index in [9.17, 15) is 4.39 Å². The molecule has 3 rings (SSSR count). The Bertz CT molecular complexity index is 747. The SMILES string of the molecule is COc1cccc(F)c1C1=Cc2nc(Cl)nc(Cl)c2CC1. The molecule has 0 N–H and O–H groups in total. The number of hydrogen-bond donors (Lipinski definition) is 0. The van der Waals surface area contributed by atoms with E-state index in [4.69, 9.17) is 27.9 Å². The van der Waals surface area contributed by atoms with Gasteiger partial charge in [-0.3, -0.25) is 0 Å². The summed E-state index contributed by atoms with van der Waals surface area (Å²) in [6, 6.07) is 4.76. The van der Waals surface area contributed by atoms with Gasteiger partial charge in [-0.05, 0) is 48.2 Å². The Balaban J connectivity index is 2.15. The summed E-state index contributed by atoms with van der Waals surface area (Å²) in [4.78, 5) is 8.09. The van der Waals surface area contributed by atoms with E-state index in [2.05, 4.69) is 9.97 Å². The standard InChI is InChI=1S/C15H11Cl2FN2O/c1-21-12-4-2-3-10(18)13(12)8-5-6-9-11(7-8)19-15(17)20-14(9)16/h2-4,7H,5-6H2,1H3. The Kier molecular flexibility index (Phi) is 3.83. The number of aromatic nitrogens is 2. The third-order valence-electron chi connectivity index (χ3n) is 3.43. The molecule has 0 fully saturated rings. The van der Waals surface area contributed by atoms with Gasteiger partial charge >= 0.3 is 0 Å². The lowest BCUT2D eigenvalue weighted by Crippen LogP contribution is -2.06. The number of benzene rings is 1. The maximum absolute atomic E-state index is 14.2. The molecule has 0 aliphatic heterocycles. The van der Waals surface area contributed by atoms with Crippen molar-refractivity contribution in [2.24, 2.45) is 0 Å². The molecule has 0 saturated heterocycles. The number of ether oxygens (including phenoxy) is 1. The highest BCUT2D eigenvalue weighted by Crippen LogP contribution is 2.37. The van der Waals surface area contributed by atoms with Gasteiger partial charge in [-0.25, -0.2) is 14.4 Å². The Morgan fingerprint density at radius 3 is 2.76 bits per heavy atom. The molecule has 21 heavy (non-hydrogen) atoms. The minimum atomic E-state index is -0.324. The van der Waals surface area contributed by atoms with Crippen molar-refractivity contribution < 1.29 is 9.13 Å². The summed E-state index contributed by atoms with van der Waals surface area (Å²) in [5, 5.41) is 0.428. The Hall–Kier alpha value is -1.65. The fourth-order valence-electron chi connectivity index (χ4n) is 2.48. The van der Waals surface area contributed by atoms with Crippen molar-refractivity contribution in [3.63, 3.8) is 0 Å². The summed E-state index contributed by atoms with van der Waals surface area (Å²) < 4.78 is 19.4. The van der Waals surface area contributed by atoms with Crippen LogP contribution in [0.1, 0.15) is 23.2 Å². The molecule has 0 radical (unpaired) electrons. The molecule has 0 bridgehead atoms. The Morgan fingerprint density at radius 1 is 1.19 bits per heavy atom. The first-order valence-electron chi connectivity index (χ1n) is 6.35. The van der Waals surface area contributed by atoms with Gasteiger partial charge in [-0.15, -0.1) is 0 Å². The molecule has 0 atom stereocenters. The van der Waals surface area contributed by atoms with Gasteiger partial charge in [0.05, 0.1) is 18.4 Å². The summed E-state index contributed by atoms with van der Waals surface area (Å²) in [6.45, 7) is 0. The summed E-state index contributed by atoms with van der Waals surface area (Å²) in [5.74, 6) is 0.172. The van der Waals surface area contributed by atoms with Crippen LogP contribution in [-0.4, -0.2) is 17.1 Å². The van der Waals surface area contributed by atoms with Crippen molar-refractivity contribution in [3.05, 3.63) is 51.3 Å². The first-order valence-corrected chi connectivity index (χ1v) is 7.11. The summed E-state index contributed by atoms with van der Waals surface area (Å²) in [5.41, 5.74) is 2.73. The van der Waals surface area contributed by atoms with Crippen molar-refractivity contribution in [3.8, 4) is 5.75 Å². The van der Waals surface area contributed by atoms with Gasteiger partial charge in [0, 0.05) is 5.56 Å². The van der Waals surface area contributed by atoms with Gasteiger partial charge in [0.15, 0.2) is 0 Å². The molecule has 1 aliphatic carbocycles. The molecule has 1 heterocycles. The van der Waals surface area contributed by atoms with E-state index in [1.165, 1.54) is 13.2 Å². The van der Waals surface area contributed by atoms with Gasteiger partial charge in [0.1, 0.15) is 16.7 Å². The van der Waals surface area contributed by atoms with Crippen LogP contribution in [0.2, 0.25) is 10.4 Å². The molecule has 1 aliphatic rings. The smallest absolute Gasteiger partial charge is 0.224 e. The molecular formula is C15H11Cl2FN2O. The van der Waals surface area contributed by atoms with E-state index in [1.54, 1.807) is 18.2 Å². The maximum atomic E-state index is 14.2. The second-order valence-electron chi connectivity index (χ2n) is 4.63. The zero-order valence-corrected chi connectivity index (χ0v) is 12.7. The molecule has 0 unspecified atom stereocenters. The van der Waals surface area contributed by atoms with Crippen LogP contribution < -0.4 is 4.74 Å². The third kappa shape index (κ3) is 2.61. The summed E-state index contributed by atoms with van der Waals surface area (Å²) in [6.07, 6.45) is 3.06. The second-order valence-corrected chi connectivity index (χ2v) is 5.33. The maximum Gasteiger partial charge on any atom is 0.224 e. The number of methoxy groups -OCH3 is 1. The lowest BCUT2D eigenvalue weighted by molar-refractivity contribution is 0.409. The van der Waals surface area contributed by atoms with E-state index >= 15 is 0 Å². The van der Waals surface area contributed by atoms with Gasteiger partial charge < -0.3 is 4.74 Å². The van der Waals surface area contributed by atoms with Gasteiger partial charge in [-0.1, -0.05) is 17.7 Å². The minimum Gasteiger partial charge on any atom is -0.496 e. The predicted molar refractivity (Wildman–Crippen MR) is 81.2 cm³/mol. The molecule has 1 aromatic carbocycles. The quantitative estimate of drug-likeness (QED) is 0.606.